The number of hydrogen-bond donors (Lipinski definition) is 5. The van der Waals surface area contributed by atoms with Gasteiger partial charge in [-0.05, 0) is 84.7 Å². The molecule has 16 nitrogen and oxygen atoms in total. The number of fused-ring (bicyclic) bond motifs is 2. The lowest BCUT2D eigenvalue weighted by molar-refractivity contribution is 0.0662. The number of aliphatic hydroxyl groups is 1. The number of rotatable bonds is 16. The standard InChI is InChI=1S/C22H42N2O4Si2.C20H23N5O2.C10H11N3.CH4/c1-21(2,3)30(8,9)28-15-22(4)11-10-17-18(14-22)24(23-19(17)20(25)26)16-27-12-13-29(5,6)7;1-20(13-26)8-7-16-17(9-20)23-24-18(16)19(27)22-15-10-21-25(12-15)11-14-5-3-2-4-6-14;11-10-6-12-13(8-10)7-9-4-2-1-3-5-9;/h10-16H2,1-9H3,(H,25,26);2-6,10,12,26H,7-9,11,13H2,1H3,(H,22,27)(H,23,24);1-6,8H,7,11H2;1H4. The summed E-state index contributed by atoms with van der Waals surface area (Å²) in [6, 6.07) is 21.3. The van der Waals surface area contributed by atoms with Crippen LogP contribution in [0.15, 0.2) is 85.5 Å². The van der Waals surface area contributed by atoms with Crippen LogP contribution in [0, 0.1) is 10.8 Å². The van der Waals surface area contributed by atoms with E-state index in [4.69, 9.17) is 14.9 Å². The Hall–Kier alpha value is -5.67. The van der Waals surface area contributed by atoms with Gasteiger partial charge in [-0.2, -0.15) is 20.4 Å². The van der Waals surface area contributed by atoms with Crippen LogP contribution in [0.5, 0.6) is 0 Å². The van der Waals surface area contributed by atoms with Crippen LogP contribution in [0.4, 0.5) is 11.4 Å². The van der Waals surface area contributed by atoms with Crippen molar-refractivity contribution >= 4 is 39.6 Å². The van der Waals surface area contributed by atoms with Gasteiger partial charge in [0.1, 0.15) is 6.73 Å². The number of benzene rings is 2. The van der Waals surface area contributed by atoms with Crippen LogP contribution in [0.25, 0.3) is 0 Å². The van der Waals surface area contributed by atoms with Crippen molar-refractivity contribution in [2.45, 2.75) is 144 Å². The number of aliphatic hydroxyl groups excluding tert-OH is 1. The van der Waals surface area contributed by atoms with E-state index in [0.717, 1.165) is 72.8 Å². The van der Waals surface area contributed by atoms with Gasteiger partial charge in [-0.25, -0.2) is 9.48 Å². The Balaban J connectivity index is 0.000000210. The van der Waals surface area contributed by atoms with Crippen molar-refractivity contribution in [2.75, 3.05) is 30.9 Å². The predicted octanol–water partition coefficient (Wildman–Crippen LogP) is 9.95. The normalized spacial score (nSPS) is 17.6. The Morgan fingerprint density at radius 1 is 0.845 bits per heavy atom. The Labute approximate surface area is 422 Å². The van der Waals surface area contributed by atoms with Gasteiger partial charge in [-0.3, -0.25) is 19.3 Å². The van der Waals surface area contributed by atoms with Gasteiger partial charge in [0.15, 0.2) is 19.7 Å². The molecule has 8 rings (SSSR count). The van der Waals surface area contributed by atoms with Crippen molar-refractivity contribution in [3.8, 4) is 0 Å². The maximum atomic E-state index is 12.7. The Kier molecular flexibility index (Phi) is 18.8. The van der Waals surface area contributed by atoms with Gasteiger partial charge in [-0.1, -0.05) is 122 Å². The Morgan fingerprint density at radius 2 is 1.44 bits per heavy atom. The first-order chi connectivity index (χ1) is 33.0. The highest BCUT2D eigenvalue weighted by atomic mass is 28.4. The minimum absolute atomic E-state index is 0. The fraction of sp³-hybridized carbons (Fsp3) is 0.509. The molecule has 386 valence electrons. The number of H-pyrrole nitrogens is 1. The molecule has 2 aromatic carbocycles. The van der Waals surface area contributed by atoms with Crippen molar-refractivity contribution in [1.29, 1.82) is 0 Å². The summed E-state index contributed by atoms with van der Waals surface area (Å²) in [7, 11) is -3.00. The van der Waals surface area contributed by atoms with Gasteiger partial charge < -0.3 is 30.4 Å². The van der Waals surface area contributed by atoms with Crippen LogP contribution in [-0.2, 0) is 54.7 Å². The van der Waals surface area contributed by atoms with E-state index < -0.39 is 22.4 Å². The number of aromatic carboxylic acids is 1. The molecular weight excluding hydrogens is 929 g/mol. The summed E-state index contributed by atoms with van der Waals surface area (Å²) in [6.45, 7) is 25.9. The smallest absolute Gasteiger partial charge is 0.356 e. The number of nitrogens with two attached hydrogens (primary N) is 1. The van der Waals surface area contributed by atoms with Crippen molar-refractivity contribution in [2.24, 2.45) is 10.8 Å². The summed E-state index contributed by atoms with van der Waals surface area (Å²) in [5.74, 6) is -1.19. The summed E-state index contributed by atoms with van der Waals surface area (Å²) in [5, 5.41) is 42.3. The van der Waals surface area contributed by atoms with Crippen molar-refractivity contribution in [3.63, 3.8) is 0 Å². The number of anilines is 2. The molecule has 71 heavy (non-hydrogen) atoms. The maximum absolute atomic E-state index is 12.7. The highest BCUT2D eigenvalue weighted by Crippen LogP contribution is 2.42. The monoisotopic (exact) mass is 1010 g/mol. The molecule has 0 radical (unpaired) electrons. The first kappa shape index (κ1) is 56.3. The number of amides is 1. The number of nitrogens with one attached hydrogen (secondary N) is 2. The number of carbonyl (C=O) groups is 2. The molecule has 1 amide bonds. The number of nitrogen functional groups attached to an aromatic ring is 1. The number of carboxylic acid groups (broad SMARTS) is 1. The Bertz CT molecular complexity index is 2650. The lowest BCUT2D eigenvalue weighted by atomic mass is 9.75. The summed E-state index contributed by atoms with van der Waals surface area (Å²) in [4.78, 5) is 24.4. The molecule has 4 heterocycles. The highest BCUT2D eigenvalue weighted by Gasteiger charge is 2.42. The fourth-order valence-electron chi connectivity index (χ4n) is 8.21. The molecule has 2 atom stereocenters. The predicted molar refractivity (Wildman–Crippen MR) is 287 cm³/mol. The first-order valence-electron chi connectivity index (χ1n) is 24.4. The number of hydrogen-bond acceptors (Lipinski definition) is 10. The minimum atomic E-state index is -1.84. The zero-order valence-electron chi connectivity index (χ0n) is 43.0. The lowest BCUT2D eigenvalue weighted by Gasteiger charge is -2.41. The van der Waals surface area contributed by atoms with Crippen LogP contribution in [0.3, 0.4) is 0 Å². The number of aromatic amines is 1. The molecule has 2 aliphatic carbocycles. The van der Waals surface area contributed by atoms with Gasteiger partial charge in [0.25, 0.3) is 5.91 Å². The molecule has 6 aromatic rings. The topological polar surface area (TPSA) is 213 Å². The van der Waals surface area contributed by atoms with E-state index in [9.17, 15) is 19.8 Å². The third-order valence-corrected chi connectivity index (χ3v) is 20.0. The second kappa shape index (κ2) is 23.7. The van der Waals surface area contributed by atoms with Gasteiger partial charge in [0.05, 0.1) is 36.9 Å². The van der Waals surface area contributed by atoms with Crippen molar-refractivity contribution < 1.29 is 29.0 Å². The summed E-state index contributed by atoms with van der Waals surface area (Å²) >= 11 is 0. The lowest BCUT2D eigenvalue weighted by Crippen LogP contribution is -2.44. The molecule has 0 spiro atoms. The third-order valence-electron chi connectivity index (χ3n) is 13.8. The van der Waals surface area contributed by atoms with Gasteiger partial charge in [0, 0.05) is 62.8 Å². The number of nitrogens with zero attached hydrogens (tertiary/aromatic N) is 7. The average Bonchev–Trinajstić information content (AvgIpc) is 4.11. The first-order valence-corrected chi connectivity index (χ1v) is 31.0. The minimum Gasteiger partial charge on any atom is -0.476 e. The molecule has 0 saturated heterocycles. The summed E-state index contributed by atoms with van der Waals surface area (Å²) < 4.78 is 17.8. The van der Waals surface area contributed by atoms with Crippen LogP contribution in [0.1, 0.15) is 110 Å². The van der Waals surface area contributed by atoms with Crippen LogP contribution < -0.4 is 11.1 Å². The molecule has 4 aromatic heterocycles. The summed E-state index contributed by atoms with van der Waals surface area (Å²) in [5.41, 5.74) is 13.5. The van der Waals surface area contributed by atoms with Crippen molar-refractivity contribution in [1.82, 2.24) is 39.5 Å². The molecule has 0 saturated carbocycles. The zero-order valence-corrected chi connectivity index (χ0v) is 45.0. The number of carbonyl (C=O) groups excluding carboxylic acids is 1. The van der Waals surface area contributed by atoms with E-state index >= 15 is 0 Å². The second-order valence-corrected chi connectivity index (χ2v) is 32.9. The average molecular weight is 1010 g/mol. The Morgan fingerprint density at radius 3 is 2.00 bits per heavy atom. The summed E-state index contributed by atoms with van der Waals surface area (Å²) in [6.07, 6.45) is 11.6. The van der Waals surface area contributed by atoms with Crippen LogP contribution >= 0.6 is 0 Å². The third kappa shape index (κ3) is 15.7. The van der Waals surface area contributed by atoms with Gasteiger partial charge in [-0.15, -0.1) is 0 Å². The largest absolute Gasteiger partial charge is 0.476 e. The molecular formula is C53H80N10O6Si2. The molecule has 18 heteroatoms. The van der Waals surface area contributed by atoms with E-state index in [-0.39, 0.29) is 41.5 Å². The SMILES string of the molecule is C.CC1(CO)CCc2c(C(=O)Nc3cnn(Cc4ccccc4)c3)n[nH]c2C1.CC1(CO[Si](C)(C)C(C)(C)C)CCc2c(C(=O)O)nn(COCC[Si](C)(C)C)c2C1.Nc1cnn(Cc2ccccc2)c1. The zero-order chi connectivity index (χ0) is 50.9. The highest BCUT2D eigenvalue weighted by molar-refractivity contribution is 6.76. The quantitative estimate of drug-likeness (QED) is 0.0455. The number of ether oxygens (including phenoxy) is 1. The molecule has 6 N–H and O–H groups in total. The number of carboxylic acids is 1. The molecule has 2 aliphatic rings. The van der Waals surface area contributed by atoms with E-state index in [1.165, 1.54) is 5.56 Å². The van der Waals surface area contributed by atoms with Crippen molar-refractivity contribution in [3.05, 3.63) is 130 Å². The van der Waals surface area contributed by atoms with Crippen LogP contribution in [-0.4, -0.2) is 97.8 Å². The number of aromatic nitrogens is 8. The second-order valence-electron chi connectivity index (χ2n) is 22.5. The van der Waals surface area contributed by atoms with E-state index in [1.807, 2.05) is 65.6 Å². The van der Waals surface area contributed by atoms with Gasteiger partial charge in [0.2, 0.25) is 0 Å². The molecule has 0 aliphatic heterocycles. The fourth-order valence-corrected chi connectivity index (χ4v) is 10.1. The van der Waals surface area contributed by atoms with E-state index in [0.29, 0.717) is 50.0 Å². The van der Waals surface area contributed by atoms with E-state index in [1.54, 1.807) is 21.8 Å². The van der Waals surface area contributed by atoms with E-state index in [2.05, 4.69) is 110 Å². The molecule has 0 fully saturated rings. The molecule has 0 bridgehead atoms. The van der Waals surface area contributed by atoms with Gasteiger partial charge >= 0.3 is 5.97 Å². The maximum Gasteiger partial charge on any atom is 0.356 e. The molecule has 2 unspecified atom stereocenters. The van der Waals surface area contributed by atoms with Crippen LogP contribution in [0.2, 0.25) is 43.8 Å².